The predicted molar refractivity (Wildman–Crippen MR) is 165 cm³/mol. The van der Waals surface area contributed by atoms with Gasteiger partial charge in [0.25, 0.3) is 0 Å². The number of hydrogen-bond acceptors (Lipinski definition) is 4. The van der Waals surface area contributed by atoms with Crippen molar-refractivity contribution in [2.75, 3.05) is 0 Å². The number of phenolic OH excluding ortho intramolecular Hbond substituents is 2. The summed E-state index contributed by atoms with van der Waals surface area (Å²) >= 11 is 0. The van der Waals surface area contributed by atoms with Crippen molar-refractivity contribution in [3.05, 3.63) is 131 Å². The number of fused-ring (bicyclic) bond motifs is 6. The molecule has 0 radical (unpaired) electrons. The minimum absolute atomic E-state index is 0.139. The van der Waals surface area contributed by atoms with Crippen molar-refractivity contribution < 1.29 is 19.8 Å². The number of phenols is 2. The lowest BCUT2D eigenvalue weighted by Gasteiger charge is -2.06. The van der Waals surface area contributed by atoms with E-state index in [1.807, 2.05) is 48.5 Å². The second-order valence-electron chi connectivity index (χ2n) is 10.5. The van der Waals surface area contributed by atoms with Gasteiger partial charge in [-0.25, -0.2) is 0 Å². The average Bonchev–Trinajstić information content (AvgIpc) is 3.70. The topological polar surface area (TPSA) is 106 Å². The van der Waals surface area contributed by atoms with Crippen LogP contribution in [0.1, 0.15) is 33.6 Å². The van der Waals surface area contributed by atoms with Crippen LogP contribution in [-0.4, -0.2) is 31.7 Å². The lowest BCUT2D eigenvalue weighted by Crippen LogP contribution is -2.04. The van der Waals surface area contributed by atoms with Crippen LogP contribution in [0.3, 0.4) is 0 Å². The Morgan fingerprint density at radius 2 is 0.881 bits per heavy atom. The van der Waals surface area contributed by atoms with Crippen LogP contribution in [0.5, 0.6) is 11.5 Å². The molecule has 0 aliphatic heterocycles. The monoisotopic (exact) mass is 546 g/mol. The summed E-state index contributed by atoms with van der Waals surface area (Å²) in [6.07, 6.45) is 3.60. The number of aromatic nitrogens is 2. The van der Waals surface area contributed by atoms with Crippen molar-refractivity contribution in [2.24, 2.45) is 0 Å². The molecule has 0 bridgehead atoms. The van der Waals surface area contributed by atoms with Crippen LogP contribution in [0.2, 0.25) is 0 Å². The molecule has 0 amide bonds. The third-order valence-electron chi connectivity index (χ3n) is 8.05. The Bertz CT molecular complexity index is 2060. The first-order chi connectivity index (χ1) is 20.5. The number of carbonyl (C=O) groups excluding carboxylic acids is 2. The molecule has 0 unspecified atom stereocenters. The SMILES string of the molecule is O=C1/C(=C\c2ccc(O)cc2)c2[nH]c3ccccc3c2/C1=C1\C(=O)/C(=C\c2ccc(O)cc2)c2[nH]c3ccccc3c21. The Hall–Kier alpha value is -5.88. The van der Waals surface area contributed by atoms with Crippen molar-refractivity contribution in [3.8, 4) is 11.5 Å². The van der Waals surface area contributed by atoms with Gasteiger partial charge in [-0.3, -0.25) is 9.59 Å². The number of hydrogen-bond donors (Lipinski definition) is 4. The summed E-state index contributed by atoms with van der Waals surface area (Å²) in [5.74, 6) is -0.193. The van der Waals surface area contributed by atoms with Gasteiger partial charge in [-0.05, 0) is 59.7 Å². The molecule has 2 aromatic heterocycles. The van der Waals surface area contributed by atoms with Gasteiger partial charge in [-0.2, -0.15) is 0 Å². The molecule has 0 saturated carbocycles. The molecule has 2 heterocycles. The lowest BCUT2D eigenvalue weighted by atomic mass is 9.93. The summed E-state index contributed by atoms with van der Waals surface area (Å²) < 4.78 is 0. The third-order valence-corrected chi connectivity index (χ3v) is 8.05. The fourth-order valence-corrected chi connectivity index (χ4v) is 6.16. The Kier molecular flexibility index (Phi) is 5.03. The standard InChI is InChI=1S/C36H22N2O4/c39-21-13-9-19(10-14-21)17-25-33-29(23-5-1-3-7-27(23)37-33)31(35(25)41)32-30-24-6-2-4-8-28(24)38-34(30)26(36(32)42)18-20-11-15-22(40)16-12-20/h1-18,37-40H/b25-17-,26-18-,32-31+. The molecule has 6 aromatic rings. The second-order valence-corrected chi connectivity index (χ2v) is 10.5. The highest BCUT2D eigenvalue weighted by molar-refractivity contribution is 6.64. The minimum Gasteiger partial charge on any atom is -0.508 e. The number of para-hydroxylation sites is 2. The number of aromatic hydroxyl groups is 2. The van der Waals surface area contributed by atoms with Gasteiger partial charge >= 0.3 is 0 Å². The Morgan fingerprint density at radius 1 is 0.500 bits per heavy atom. The highest BCUT2D eigenvalue weighted by atomic mass is 16.3. The molecule has 0 saturated heterocycles. The van der Waals surface area contributed by atoms with E-state index in [2.05, 4.69) is 9.97 Å². The maximum Gasteiger partial charge on any atom is 0.196 e. The molecular weight excluding hydrogens is 524 g/mol. The van der Waals surface area contributed by atoms with Crippen LogP contribution >= 0.6 is 0 Å². The molecule has 4 N–H and O–H groups in total. The van der Waals surface area contributed by atoms with Crippen LogP contribution in [-0.2, 0) is 9.59 Å². The van der Waals surface area contributed by atoms with Crippen molar-refractivity contribution >= 4 is 67.8 Å². The molecule has 6 nitrogen and oxygen atoms in total. The van der Waals surface area contributed by atoms with Crippen molar-refractivity contribution in [3.63, 3.8) is 0 Å². The Morgan fingerprint density at radius 3 is 1.29 bits per heavy atom. The molecular formula is C36H22N2O4. The summed E-state index contributed by atoms with van der Waals surface area (Å²) in [7, 11) is 0. The van der Waals surface area contributed by atoms with Crippen LogP contribution in [0, 0.1) is 0 Å². The van der Waals surface area contributed by atoms with Crippen LogP contribution in [0.4, 0.5) is 0 Å². The van der Waals surface area contributed by atoms with E-state index in [-0.39, 0.29) is 23.1 Å². The lowest BCUT2D eigenvalue weighted by molar-refractivity contribution is -0.110. The van der Waals surface area contributed by atoms with E-state index in [0.29, 0.717) is 44.8 Å². The zero-order chi connectivity index (χ0) is 28.5. The molecule has 2 aliphatic carbocycles. The summed E-state index contributed by atoms with van der Waals surface area (Å²) in [6, 6.07) is 28.9. The van der Waals surface area contributed by atoms with Gasteiger partial charge in [-0.1, -0.05) is 60.7 Å². The van der Waals surface area contributed by atoms with E-state index in [0.717, 1.165) is 32.9 Å². The smallest absolute Gasteiger partial charge is 0.196 e. The molecule has 200 valence electrons. The molecule has 6 heteroatoms. The molecule has 2 aliphatic rings. The number of rotatable bonds is 2. The van der Waals surface area contributed by atoms with E-state index in [9.17, 15) is 19.8 Å². The number of benzene rings is 4. The zero-order valence-electron chi connectivity index (χ0n) is 22.1. The quantitative estimate of drug-likeness (QED) is 0.172. The molecule has 0 atom stereocenters. The summed E-state index contributed by atoms with van der Waals surface area (Å²) in [5, 5.41) is 21.3. The molecule has 0 spiro atoms. The first kappa shape index (κ1) is 24.0. The normalized spacial score (nSPS) is 18.1. The summed E-state index contributed by atoms with van der Waals surface area (Å²) in [5.41, 5.74) is 7.68. The number of carbonyl (C=O) groups is 2. The fraction of sp³-hybridized carbons (Fsp3) is 0. The average molecular weight is 547 g/mol. The maximum atomic E-state index is 14.4. The summed E-state index contributed by atoms with van der Waals surface area (Å²) in [4.78, 5) is 35.7. The third kappa shape index (κ3) is 3.45. The van der Waals surface area contributed by atoms with Gasteiger partial charge in [0.05, 0.1) is 11.4 Å². The minimum atomic E-state index is -0.236. The van der Waals surface area contributed by atoms with Gasteiger partial charge in [0.15, 0.2) is 11.6 Å². The first-order valence-electron chi connectivity index (χ1n) is 13.6. The van der Waals surface area contributed by atoms with E-state index in [1.165, 1.54) is 0 Å². The van der Waals surface area contributed by atoms with Crippen molar-refractivity contribution in [1.29, 1.82) is 0 Å². The number of H-pyrrole nitrogens is 2. The largest absolute Gasteiger partial charge is 0.508 e. The summed E-state index contributed by atoms with van der Waals surface area (Å²) in [6.45, 7) is 0. The van der Waals surface area contributed by atoms with Gasteiger partial charge in [0.1, 0.15) is 11.5 Å². The zero-order valence-corrected chi connectivity index (χ0v) is 22.1. The Balaban J connectivity index is 1.45. The fourth-order valence-electron chi connectivity index (χ4n) is 6.16. The molecule has 42 heavy (non-hydrogen) atoms. The maximum absolute atomic E-state index is 14.4. The van der Waals surface area contributed by atoms with E-state index in [4.69, 9.17) is 0 Å². The highest BCUT2D eigenvalue weighted by Crippen LogP contribution is 2.51. The van der Waals surface area contributed by atoms with Gasteiger partial charge in [-0.15, -0.1) is 0 Å². The Labute approximate surface area is 239 Å². The number of aromatic amines is 2. The van der Waals surface area contributed by atoms with E-state index < -0.39 is 0 Å². The number of allylic oxidation sites excluding steroid dienone is 4. The van der Waals surface area contributed by atoms with E-state index in [1.54, 1.807) is 60.7 Å². The molecule has 0 fully saturated rings. The number of Topliss-reactive ketones (excluding diaryl/α,β-unsaturated/α-hetero) is 2. The predicted octanol–water partition coefficient (Wildman–Crippen LogP) is 7.22. The highest BCUT2D eigenvalue weighted by Gasteiger charge is 2.43. The van der Waals surface area contributed by atoms with Gasteiger partial charge < -0.3 is 20.2 Å². The number of nitrogens with one attached hydrogen (secondary N) is 2. The molecule has 4 aromatic carbocycles. The van der Waals surface area contributed by atoms with Gasteiger partial charge in [0.2, 0.25) is 0 Å². The van der Waals surface area contributed by atoms with Crippen molar-refractivity contribution in [2.45, 2.75) is 0 Å². The van der Waals surface area contributed by atoms with E-state index >= 15 is 0 Å². The van der Waals surface area contributed by atoms with Crippen LogP contribution < -0.4 is 0 Å². The molecule has 8 rings (SSSR count). The van der Waals surface area contributed by atoms with Crippen molar-refractivity contribution in [1.82, 2.24) is 9.97 Å². The van der Waals surface area contributed by atoms with Crippen LogP contribution in [0.25, 0.3) is 56.3 Å². The van der Waals surface area contributed by atoms with Gasteiger partial charge in [0, 0.05) is 55.2 Å². The number of ketones is 2. The first-order valence-corrected chi connectivity index (χ1v) is 13.6. The second kappa shape index (κ2) is 8.81. The van der Waals surface area contributed by atoms with Crippen LogP contribution in [0.15, 0.2) is 97.1 Å².